The predicted octanol–water partition coefficient (Wildman–Crippen LogP) is 4.67. The van der Waals surface area contributed by atoms with Crippen molar-refractivity contribution in [1.82, 2.24) is 4.90 Å². The molecular weight excluding hydrogens is 252 g/mol. The van der Waals surface area contributed by atoms with Gasteiger partial charge in [-0.05, 0) is 40.2 Å². The Bertz CT molecular complexity index is 315. The maximum Gasteiger partial charge on any atom is 0.410 e. The topological polar surface area (TPSA) is 53.4 Å². The monoisotopic (exact) mass is 284 g/mol. The number of nitrogens with zero attached hydrogens (tertiary/aromatic N) is 1. The van der Waals surface area contributed by atoms with Crippen LogP contribution in [-0.4, -0.2) is 35.9 Å². The number of ether oxygens (including phenoxy) is 1. The minimum Gasteiger partial charge on any atom is -0.444 e. The second-order valence-corrected chi connectivity index (χ2v) is 5.00. The summed E-state index contributed by atoms with van der Waals surface area (Å²) >= 11 is 0. The van der Waals surface area contributed by atoms with Crippen molar-refractivity contribution >= 4 is 11.8 Å². The molecule has 0 heterocycles. The summed E-state index contributed by atoms with van der Waals surface area (Å²) < 4.78 is 5.14. The fraction of sp³-hybridized carbons (Fsp3) is 0.625. The second kappa shape index (κ2) is 12.5. The Morgan fingerprint density at radius 2 is 1.70 bits per heavy atom. The van der Waals surface area contributed by atoms with Crippen LogP contribution in [0.15, 0.2) is 24.8 Å². The number of rotatable bonds is 3. The number of hydrogen-bond acceptors (Lipinski definition) is 3. The third-order valence-corrected chi connectivity index (χ3v) is 1.62. The van der Waals surface area contributed by atoms with Crippen LogP contribution in [-0.2, 0) is 4.74 Å². The average Bonchev–Trinajstić information content (AvgIpc) is 2.30. The van der Waals surface area contributed by atoms with Gasteiger partial charge in [-0.15, -0.1) is 6.58 Å². The summed E-state index contributed by atoms with van der Waals surface area (Å²) in [6.45, 7) is 20.3. The Kier molecular flexibility index (Phi) is 14.6. The number of carbonyl (C=O) groups is 1. The normalized spacial score (nSPS) is 9.00. The molecule has 0 aromatic rings. The first-order valence-corrected chi connectivity index (χ1v) is 6.79. The van der Waals surface area contributed by atoms with Crippen LogP contribution in [0, 0.1) is 5.41 Å². The number of amides is 1. The summed E-state index contributed by atoms with van der Waals surface area (Å²) in [5, 5.41) is 7.55. The largest absolute Gasteiger partial charge is 0.444 e. The Labute approximate surface area is 125 Å². The van der Waals surface area contributed by atoms with E-state index in [0.717, 1.165) is 0 Å². The van der Waals surface area contributed by atoms with E-state index in [9.17, 15) is 4.79 Å². The van der Waals surface area contributed by atoms with Crippen LogP contribution in [0.1, 0.15) is 48.5 Å². The molecule has 0 fully saturated rings. The maximum absolute atomic E-state index is 11.5. The Morgan fingerprint density at radius 3 is 1.95 bits per heavy atom. The van der Waals surface area contributed by atoms with Crippen LogP contribution in [0.2, 0.25) is 0 Å². The Morgan fingerprint density at radius 1 is 1.35 bits per heavy atom. The molecule has 0 unspecified atom stereocenters. The number of nitrogens with one attached hydrogen (secondary N) is 1. The van der Waals surface area contributed by atoms with Crippen LogP contribution >= 0.6 is 0 Å². The summed E-state index contributed by atoms with van der Waals surface area (Å²) in [7, 11) is 1.60. The van der Waals surface area contributed by atoms with Gasteiger partial charge >= 0.3 is 6.09 Å². The highest BCUT2D eigenvalue weighted by Crippen LogP contribution is 2.09. The highest BCUT2D eigenvalue weighted by Gasteiger charge is 2.20. The summed E-state index contributed by atoms with van der Waals surface area (Å²) in [6, 6.07) is 0. The van der Waals surface area contributed by atoms with E-state index in [4.69, 9.17) is 10.1 Å². The van der Waals surface area contributed by atoms with Crippen LogP contribution in [0.25, 0.3) is 0 Å². The third kappa shape index (κ3) is 16.4. The quantitative estimate of drug-likeness (QED) is 0.605. The van der Waals surface area contributed by atoms with Gasteiger partial charge in [0.05, 0.1) is 12.3 Å². The predicted molar refractivity (Wildman–Crippen MR) is 88.6 cm³/mol. The zero-order valence-corrected chi connectivity index (χ0v) is 14.5. The fourth-order valence-electron chi connectivity index (χ4n) is 0.777. The van der Waals surface area contributed by atoms with Crippen molar-refractivity contribution in [2.45, 2.75) is 54.1 Å². The van der Waals surface area contributed by atoms with Gasteiger partial charge in [0.1, 0.15) is 5.60 Å². The third-order valence-electron chi connectivity index (χ3n) is 1.62. The molecule has 0 saturated carbocycles. The van der Waals surface area contributed by atoms with E-state index >= 15 is 0 Å². The molecular formula is C16H32N2O2. The van der Waals surface area contributed by atoms with Crippen molar-refractivity contribution in [3.63, 3.8) is 0 Å². The van der Waals surface area contributed by atoms with Gasteiger partial charge in [-0.1, -0.05) is 26.5 Å². The molecule has 0 aliphatic heterocycles. The summed E-state index contributed by atoms with van der Waals surface area (Å²) in [5.74, 6) is 0. The second-order valence-electron chi connectivity index (χ2n) is 5.00. The van der Waals surface area contributed by atoms with E-state index in [-0.39, 0.29) is 6.54 Å². The standard InChI is InChI=1S/C11H20N2O2.C3H6.C2H6/c1-8(2)9(12)7-13(6)10(14)15-11(3,4)5;1-3-2;1-2/h12H,1,7H2,2-6H3;3H,1H2,2H3;1-2H3. The molecule has 0 saturated heterocycles. The summed E-state index contributed by atoms with van der Waals surface area (Å²) in [6.07, 6.45) is 1.33. The highest BCUT2D eigenvalue weighted by atomic mass is 16.6. The lowest BCUT2D eigenvalue weighted by Gasteiger charge is -2.24. The minimum atomic E-state index is -0.503. The van der Waals surface area contributed by atoms with Crippen molar-refractivity contribution in [2.75, 3.05) is 13.6 Å². The molecule has 1 amide bonds. The smallest absolute Gasteiger partial charge is 0.410 e. The molecule has 0 atom stereocenters. The molecule has 0 aromatic carbocycles. The number of allylic oxidation sites excluding steroid dienone is 1. The molecule has 0 aromatic heterocycles. The minimum absolute atomic E-state index is 0.226. The summed E-state index contributed by atoms with van der Waals surface area (Å²) in [4.78, 5) is 12.9. The Balaban J connectivity index is -0.000000505. The van der Waals surface area contributed by atoms with Crippen molar-refractivity contribution in [2.24, 2.45) is 0 Å². The molecule has 0 radical (unpaired) electrons. The fourth-order valence-corrected chi connectivity index (χ4v) is 0.777. The van der Waals surface area contributed by atoms with Gasteiger partial charge in [0, 0.05) is 7.05 Å². The molecule has 4 heteroatoms. The van der Waals surface area contributed by atoms with E-state index in [2.05, 4.69) is 13.2 Å². The van der Waals surface area contributed by atoms with Gasteiger partial charge in [-0.3, -0.25) is 0 Å². The maximum atomic E-state index is 11.5. The van der Waals surface area contributed by atoms with Gasteiger partial charge in [0.15, 0.2) is 0 Å². The molecule has 0 spiro atoms. The number of carbonyl (C=O) groups excluding carboxylic acids is 1. The van der Waals surface area contributed by atoms with Gasteiger partial charge in [0.2, 0.25) is 0 Å². The van der Waals surface area contributed by atoms with E-state index in [1.54, 1.807) is 20.0 Å². The molecule has 1 N–H and O–H groups in total. The highest BCUT2D eigenvalue weighted by molar-refractivity contribution is 5.99. The number of hydrogen-bond donors (Lipinski definition) is 1. The van der Waals surface area contributed by atoms with Crippen molar-refractivity contribution in [3.05, 3.63) is 24.8 Å². The van der Waals surface area contributed by atoms with Gasteiger partial charge in [-0.25, -0.2) is 4.79 Å². The first-order chi connectivity index (χ1) is 9.05. The van der Waals surface area contributed by atoms with Crippen molar-refractivity contribution < 1.29 is 9.53 Å². The van der Waals surface area contributed by atoms with Gasteiger partial charge in [-0.2, -0.15) is 0 Å². The summed E-state index contributed by atoms with van der Waals surface area (Å²) in [5.41, 5.74) is 0.491. The van der Waals surface area contributed by atoms with E-state index in [0.29, 0.717) is 11.3 Å². The van der Waals surface area contributed by atoms with Crippen molar-refractivity contribution in [3.8, 4) is 0 Å². The zero-order valence-electron chi connectivity index (χ0n) is 14.5. The van der Waals surface area contributed by atoms with Crippen LogP contribution in [0.5, 0.6) is 0 Å². The van der Waals surface area contributed by atoms with Gasteiger partial charge < -0.3 is 15.0 Å². The van der Waals surface area contributed by atoms with E-state index < -0.39 is 11.7 Å². The van der Waals surface area contributed by atoms with E-state index in [1.807, 2.05) is 41.5 Å². The van der Waals surface area contributed by atoms with E-state index in [1.165, 1.54) is 4.90 Å². The lowest BCUT2D eigenvalue weighted by atomic mass is 10.2. The first kappa shape index (κ1) is 23.5. The molecule has 0 aliphatic carbocycles. The first-order valence-electron chi connectivity index (χ1n) is 6.79. The molecule has 118 valence electrons. The molecule has 0 rings (SSSR count). The van der Waals surface area contributed by atoms with Crippen molar-refractivity contribution in [1.29, 1.82) is 5.41 Å². The van der Waals surface area contributed by atoms with Gasteiger partial charge in [0.25, 0.3) is 0 Å². The van der Waals surface area contributed by atoms with Crippen LogP contribution < -0.4 is 0 Å². The Hall–Kier alpha value is -1.58. The molecule has 4 nitrogen and oxygen atoms in total. The average molecular weight is 284 g/mol. The van der Waals surface area contributed by atoms with Crippen LogP contribution in [0.3, 0.4) is 0 Å². The van der Waals surface area contributed by atoms with Crippen LogP contribution in [0.4, 0.5) is 4.79 Å². The molecule has 0 bridgehead atoms. The lowest BCUT2D eigenvalue weighted by Crippen LogP contribution is -2.37. The SMILES string of the molecule is C=C(C)C(=N)CN(C)C(=O)OC(C)(C)C.C=CC.CC. The molecule has 20 heavy (non-hydrogen) atoms. The molecule has 0 aliphatic rings. The zero-order chi connectivity index (χ0) is 16.9. The lowest BCUT2D eigenvalue weighted by molar-refractivity contribution is 0.0324.